The largest absolute Gasteiger partial charge is 0.498 e. The van der Waals surface area contributed by atoms with Gasteiger partial charge in [-0.15, -0.1) is 0 Å². The van der Waals surface area contributed by atoms with Crippen molar-refractivity contribution in [3.8, 4) is 0 Å². The zero-order valence-electron chi connectivity index (χ0n) is 17.6. The molecule has 2 aliphatic heterocycles. The van der Waals surface area contributed by atoms with E-state index in [1.165, 1.54) is 17.3 Å². The smallest absolute Gasteiger partial charge is 0.399 e. The van der Waals surface area contributed by atoms with E-state index in [-0.39, 0.29) is 10.9 Å². The highest BCUT2D eigenvalue weighted by atomic mass is 32.2. The second-order valence-corrected chi connectivity index (χ2v) is 10.6. The predicted octanol–water partition coefficient (Wildman–Crippen LogP) is -1.11. The maximum absolute atomic E-state index is 12.8. The third-order valence-corrected chi connectivity index (χ3v) is 7.57. The van der Waals surface area contributed by atoms with Crippen molar-refractivity contribution in [3.63, 3.8) is 0 Å². The van der Waals surface area contributed by atoms with E-state index in [4.69, 9.17) is 14.4 Å². The van der Waals surface area contributed by atoms with Crippen LogP contribution in [0.2, 0.25) is 0 Å². The van der Waals surface area contributed by atoms with Crippen LogP contribution < -0.4 is 5.46 Å². The molecular formula is C18H28BN3O7S. The van der Waals surface area contributed by atoms with Crippen molar-refractivity contribution < 1.29 is 32.7 Å². The summed E-state index contributed by atoms with van der Waals surface area (Å²) in [5, 5.41) is 18.2. The molecule has 1 aromatic heterocycles. The lowest BCUT2D eigenvalue weighted by Gasteiger charge is -2.32. The summed E-state index contributed by atoms with van der Waals surface area (Å²) in [6.45, 7) is 7.27. The second kappa shape index (κ2) is 8.15. The number of amides is 1. The van der Waals surface area contributed by atoms with Crippen molar-refractivity contribution in [1.29, 1.82) is 0 Å². The van der Waals surface area contributed by atoms with Gasteiger partial charge >= 0.3 is 7.12 Å². The minimum absolute atomic E-state index is 0.331. The number of aliphatic hydroxyl groups excluding tert-OH is 2. The Balaban J connectivity index is 1.72. The number of hydrogen-bond donors (Lipinski definition) is 2. The van der Waals surface area contributed by atoms with Crippen molar-refractivity contribution in [2.75, 3.05) is 18.9 Å². The molecule has 2 N–H and O–H groups in total. The molecule has 0 radical (unpaired) electrons. The summed E-state index contributed by atoms with van der Waals surface area (Å²) >= 11 is 0. The van der Waals surface area contributed by atoms with Crippen molar-refractivity contribution in [2.45, 2.75) is 69.0 Å². The quantitative estimate of drug-likeness (QED) is 0.416. The number of hydrogen-bond acceptors (Lipinski definition) is 9. The number of nitrogens with zero attached hydrogens (tertiary/aromatic N) is 3. The van der Waals surface area contributed by atoms with Crippen LogP contribution >= 0.6 is 0 Å². The summed E-state index contributed by atoms with van der Waals surface area (Å²) in [4.78, 5) is 21.5. The molecule has 166 valence electrons. The number of carbonyl (C=O) groups excluding carboxylic acids is 1. The Bertz CT molecular complexity index is 876. The third-order valence-electron chi connectivity index (χ3n) is 5.98. The van der Waals surface area contributed by atoms with Crippen molar-refractivity contribution in [3.05, 3.63) is 12.4 Å². The van der Waals surface area contributed by atoms with Crippen LogP contribution in [0, 0.1) is 0 Å². The first kappa shape index (κ1) is 23.1. The Kier molecular flexibility index (Phi) is 6.27. The average Bonchev–Trinajstić information content (AvgIpc) is 3.21. The number of likely N-dealkylation sites (tertiary alicyclic amines) is 1. The molecule has 12 heteroatoms. The topological polar surface area (TPSA) is 139 Å². The Morgan fingerprint density at radius 1 is 1.27 bits per heavy atom. The van der Waals surface area contributed by atoms with Gasteiger partial charge < -0.3 is 24.4 Å². The molecule has 2 fully saturated rings. The van der Waals surface area contributed by atoms with Crippen LogP contribution in [0.15, 0.2) is 17.6 Å². The van der Waals surface area contributed by atoms with Gasteiger partial charge in [-0.3, -0.25) is 4.79 Å². The van der Waals surface area contributed by atoms with E-state index in [0.29, 0.717) is 24.8 Å². The highest BCUT2D eigenvalue weighted by Gasteiger charge is 2.52. The molecule has 2 aliphatic rings. The van der Waals surface area contributed by atoms with Crippen LogP contribution in [0.25, 0.3) is 0 Å². The van der Waals surface area contributed by atoms with Gasteiger partial charge in [0.15, 0.2) is 6.10 Å². The lowest BCUT2D eigenvalue weighted by Crippen LogP contribution is -2.46. The van der Waals surface area contributed by atoms with Crippen LogP contribution in [0.3, 0.4) is 0 Å². The highest BCUT2D eigenvalue weighted by molar-refractivity contribution is 7.91. The maximum Gasteiger partial charge on any atom is 0.498 e. The number of carbonyl (C=O) groups is 1. The van der Waals surface area contributed by atoms with Gasteiger partial charge in [0.25, 0.3) is 5.91 Å². The molecule has 10 nitrogen and oxygen atoms in total. The van der Waals surface area contributed by atoms with Gasteiger partial charge in [0.1, 0.15) is 0 Å². The summed E-state index contributed by atoms with van der Waals surface area (Å²) in [7, 11) is -4.57. The van der Waals surface area contributed by atoms with Gasteiger partial charge in [0.05, 0.1) is 23.6 Å². The van der Waals surface area contributed by atoms with E-state index in [9.17, 15) is 18.3 Å². The molecule has 2 saturated heterocycles. The third kappa shape index (κ3) is 4.38. The van der Waals surface area contributed by atoms with E-state index in [2.05, 4.69) is 9.97 Å². The molecule has 30 heavy (non-hydrogen) atoms. The molecule has 3 rings (SSSR count). The fourth-order valence-electron chi connectivity index (χ4n) is 3.48. The van der Waals surface area contributed by atoms with Crippen LogP contribution in [-0.4, -0.2) is 88.8 Å². The van der Waals surface area contributed by atoms with E-state index in [1.54, 1.807) is 0 Å². The fourth-order valence-corrected chi connectivity index (χ4v) is 4.91. The molecule has 1 aromatic rings. The van der Waals surface area contributed by atoms with Gasteiger partial charge in [0, 0.05) is 30.4 Å². The summed E-state index contributed by atoms with van der Waals surface area (Å²) < 4.78 is 37.4. The number of rotatable bonds is 6. The molecule has 1 amide bonds. The fraction of sp³-hybridized carbons (Fsp3) is 0.722. The maximum atomic E-state index is 12.8. The van der Waals surface area contributed by atoms with Crippen LogP contribution in [0.5, 0.6) is 0 Å². The number of aliphatic hydroxyl groups is 2. The van der Waals surface area contributed by atoms with E-state index in [1.807, 2.05) is 27.7 Å². The SMILES string of the molecule is CC1(C)OB(c2cnc(S(=O)(=O)C[C@@H]3CCCN3C(=O)[C@@H](O)CO)nc2)OC1(C)C. The van der Waals surface area contributed by atoms with Crippen LogP contribution in [0.4, 0.5) is 0 Å². The molecule has 0 aromatic carbocycles. The molecule has 0 bridgehead atoms. The first-order valence-corrected chi connectivity index (χ1v) is 11.5. The number of aromatic nitrogens is 2. The normalized spacial score (nSPS) is 24.3. The summed E-state index contributed by atoms with van der Waals surface area (Å²) in [6, 6.07) is -0.602. The molecule has 0 saturated carbocycles. The Morgan fingerprint density at radius 2 is 1.83 bits per heavy atom. The lowest BCUT2D eigenvalue weighted by atomic mass is 9.81. The van der Waals surface area contributed by atoms with Gasteiger partial charge in [-0.25, -0.2) is 18.4 Å². The van der Waals surface area contributed by atoms with Crippen molar-refractivity contribution in [1.82, 2.24) is 14.9 Å². The molecular weight excluding hydrogens is 413 g/mol. The molecule has 0 spiro atoms. The number of sulfone groups is 1. The standard InChI is InChI=1S/C18H28BN3O7S/c1-17(2)18(3,4)29-19(28-17)12-8-20-16(21-9-12)30(26,27)11-13-6-5-7-22(13)15(25)14(24)10-23/h8-9,13-14,23-24H,5-7,10-11H2,1-4H3/t13-,14-/m0/s1. The Morgan fingerprint density at radius 3 is 2.37 bits per heavy atom. The minimum Gasteiger partial charge on any atom is -0.399 e. The van der Waals surface area contributed by atoms with Crippen molar-refractivity contribution >= 4 is 28.3 Å². The molecule has 3 heterocycles. The molecule has 0 unspecified atom stereocenters. The first-order chi connectivity index (χ1) is 13.9. The van der Waals surface area contributed by atoms with Crippen LogP contribution in [-0.2, 0) is 23.9 Å². The predicted molar refractivity (Wildman–Crippen MR) is 108 cm³/mol. The first-order valence-electron chi connectivity index (χ1n) is 9.88. The van der Waals surface area contributed by atoms with Gasteiger partial charge in [-0.1, -0.05) is 0 Å². The monoisotopic (exact) mass is 441 g/mol. The average molecular weight is 441 g/mol. The Labute approximate surface area is 176 Å². The molecule has 0 aliphatic carbocycles. The van der Waals surface area contributed by atoms with Gasteiger partial charge in [-0.05, 0) is 40.5 Å². The minimum atomic E-state index is -3.87. The van der Waals surface area contributed by atoms with E-state index in [0.717, 1.165) is 0 Å². The molecule has 2 atom stereocenters. The summed E-state index contributed by atoms with van der Waals surface area (Å²) in [5.41, 5.74) is -0.573. The zero-order chi connectivity index (χ0) is 22.3. The van der Waals surface area contributed by atoms with Gasteiger partial charge in [-0.2, -0.15) is 0 Å². The van der Waals surface area contributed by atoms with E-state index < -0.39 is 52.8 Å². The Hall–Kier alpha value is -1.60. The second-order valence-electron chi connectivity index (χ2n) is 8.69. The summed E-state index contributed by atoms with van der Waals surface area (Å²) in [6.07, 6.45) is 2.29. The van der Waals surface area contributed by atoms with Crippen LogP contribution in [0.1, 0.15) is 40.5 Å². The highest BCUT2D eigenvalue weighted by Crippen LogP contribution is 2.36. The van der Waals surface area contributed by atoms with Gasteiger partial charge in [0.2, 0.25) is 15.0 Å². The summed E-state index contributed by atoms with van der Waals surface area (Å²) in [5.74, 6) is -1.03. The van der Waals surface area contributed by atoms with E-state index >= 15 is 0 Å². The lowest BCUT2D eigenvalue weighted by molar-refractivity contribution is -0.142. The zero-order valence-corrected chi connectivity index (χ0v) is 18.4. The van der Waals surface area contributed by atoms with Crippen molar-refractivity contribution in [2.24, 2.45) is 0 Å².